The Morgan fingerprint density at radius 1 is 1.35 bits per heavy atom. The maximum atomic E-state index is 12.1. The Bertz CT molecular complexity index is 332. The van der Waals surface area contributed by atoms with E-state index in [0.29, 0.717) is 12.5 Å². The van der Waals surface area contributed by atoms with E-state index in [2.05, 4.69) is 6.92 Å². The molecule has 0 aromatic rings. The first-order chi connectivity index (χ1) is 9.45. The summed E-state index contributed by atoms with van der Waals surface area (Å²) in [5.74, 6) is -1.03. The molecule has 0 spiro atoms. The summed E-state index contributed by atoms with van der Waals surface area (Å²) in [6.45, 7) is 6.46. The van der Waals surface area contributed by atoms with E-state index in [1.165, 1.54) is 6.42 Å². The molecular formula is C15H27NO4. The Hall–Kier alpha value is -1.10. The zero-order valence-electron chi connectivity index (χ0n) is 12.8. The number of aliphatic carboxylic acids is 1. The summed E-state index contributed by atoms with van der Waals surface area (Å²) in [6.07, 6.45) is 4.75. The number of nitrogens with zero attached hydrogens (tertiary/aromatic N) is 1. The number of hydrogen-bond acceptors (Lipinski definition) is 3. The van der Waals surface area contributed by atoms with Gasteiger partial charge in [-0.2, -0.15) is 0 Å². The second kappa shape index (κ2) is 8.25. The largest absolute Gasteiger partial charge is 0.481 e. The van der Waals surface area contributed by atoms with E-state index in [1.807, 2.05) is 6.92 Å². The van der Waals surface area contributed by atoms with E-state index in [-0.39, 0.29) is 25.2 Å². The second-order valence-corrected chi connectivity index (χ2v) is 5.78. The monoisotopic (exact) mass is 285 g/mol. The Morgan fingerprint density at radius 3 is 2.55 bits per heavy atom. The van der Waals surface area contributed by atoms with Gasteiger partial charge >= 0.3 is 5.97 Å². The molecule has 1 fully saturated rings. The molecule has 5 nitrogen and oxygen atoms in total. The van der Waals surface area contributed by atoms with Gasteiger partial charge in [0.25, 0.3) is 0 Å². The Balaban J connectivity index is 2.40. The Kier molecular flexibility index (Phi) is 6.99. The minimum Gasteiger partial charge on any atom is -0.481 e. The van der Waals surface area contributed by atoms with Crippen molar-refractivity contribution in [1.82, 2.24) is 4.90 Å². The highest BCUT2D eigenvalue weighted by Crippen LogP contribution is 2.26. The van der Waals surface area contributed by atoms with Gasteiger partial charge in [-0.1, -0.05) is 26.7 Å². The van der Waals surface area contributed by atoms with Crippen molar-refractivity contribution in [2.45, 2.75) is 52.6 Å². The molecule has 0 aromatic heterocycles. The van der Waals surface area contributed by atoms with Crippen LogP contribution in [0.15, 0.2) is 0 Å². The van der Waals surface area contributed by atoms with Gasteiger partial charge in [-0.15, -0.1) is 0 Å². The summed E-state index contributed by atoms with van der Waals surface area (Å²) in [4.78, 5) is 24.5. The zero-order valence-corrected chi connectivity index (χ0v) is 12.8. The summed E-state index contributed by atoms with van der Waals surface area (Å²) >= 11 is 0. The fourth-order valence-corrected chi connectivity index (χ4v) is 2.62. The molecule has 1 aliphatic rings. The molecule has 20 heavy (non-hydrogen) atoms. The lowest BCUT2D eigenvalue weighted by atomic mass is 9.88. The molecule has 0 aliphatic heterocycles. The number of carboxylic acid groups (broad SMARTS) is 1. The van der Waals surface area contributed by atoms with Gasteiger partial charge in [-0.25, -0.2) is 0 Å². The van der Waals surface area contributed by atoms with Gasteiger partial charge in [-0.05, 0) is 25.7 Å². The molecule has 0 unspecified atom stereocenters. The van der Waals surface area contributed by atoms with E-state index < -0.39 is 11.9 Å². The predicted octanol–water partition coefficient (Wildman–Crippen LogP) is 2.15. The average molecular weight is 285 g/mol. The van der Waals surface area contributed by atoms with Gasteiger partial charge in [0.05, 0.1) is 12.0 Å². The minimum absolute atomic E-state index is 0.0647. The lowest BCUT2D eigenvalue weighted by Gasteiger charge is -2.30. The molecule has 1 rings (SSSR count). The maximum absolute atomic E-state index is 12.1. The molecule has 116 valence electrons. The van der Waals surface area contributed by atoms with Crippen molar-refractivity contribution >= 4 is 11.9 Å². The molecule has 3 atom stereocenters. The van der Waals surface area contributed by atoms with Crippen molar-refractivity contribution in [3.63, 3.8) is 0 Å². The highest BCUT2D eigenvalue weighted by Gasteiger charge is 2.24. The summed E-state index contributed by atoms with van der Waals surface area (Å²) in [7, 11) is 0. The first-order valence-electron chi connectivity index (χ1n) is 7.57. The van der Waals surface area contributed by atoms with Gasteiger partial charge in [-0.3, -0.25) is 9.59 Å². The average Bonchev–Trinajstić information content (AvgIpc) is 2.43. The van der Waals surface area contributed by atoms with Crippen LogP contribution in [-0.2, 0) is 14.3 Å². The SMILES string of the molecule is CCN(C[C@H](C)C(=O)O)C(=O)CO[C@H]1CCCC[C@H]1C. The number of carbonyl (C=O) groups excluding carboxylic acids is 1. The van der Waals surface area contributed by atoms with Gasteiger partial charge < -0.3 is 14.7 Å². The van der Waals surface area contributed by atoms with Gasteiger partial charge in [0.1, 0.15) is 6.61 Å². The van der Waals surface area contributed by atoms with Crippen molar-refractivity contribution in [3.05, 3.63) is 0 Å². The van der Waals surface area contributed by atoms with Crippen molar-refractivity contribution < 1.29 is 19.4 Å². The third kappa shape index (κ3) is 5.12. The third-order valence-corrected chi connectivity index (χ3v) is 4.10. The predicted molar refractivity (Wildman–Crippen MR) is 76.4 cm³/mol. The number of amides is 1. The van der Waals surface area contributed by atoms with Crippen LogP contribution in [0.25, 0.3) is 0 Å². The molecule has 1 saturated carbocycles. The molecule has 0 heterocycles. The summed E-state index contributed by atoms with van der Waals surface area (Å²) < 4.78 is 5.74. The maximum Gasteiger partial charge on any atom is 0.308 e. The number of carboxylic acids is 1. The standard InChI is InChI=1S/C15H27NO4/c1-4-16(9-12(3)15(18)19)14(17)10-20-13-8-6-5-7-11(13)2/h11-13H,4-10H2,1-3H3,(H,18,19)/t11-,12+,13+/m1/s1. The van der Waals surface area contributed by atoms with Crippen molar-refractivity contribution in [1.29, 1.82) is 0 Å². The number of carbonyl (C=O) groups is 2. The number of likely N-dealkylation sites (N-methyl/N-ethyl adjacent to an activating group) is 1. The Morgan fingerprint density at radius 2 is 2.00 bits per heavy atom. The fraction of sp³-hybridized carbons (Fsp3) is 0.867. The molecule has 5 heteroatoms. The summed E-state index contributed by atoms with van der Waals surface area (Å²) in [6, 6.07) is 0. The van der Waals surface area contributed by atoms with Crippen molar-refractivity contribution in [2.24, 2.45) is 11.8 Å². The molecule has 0 radical (unpaired) electrons. The quantitative estimate of drug-likeness (QED) is 0.778. The zero-order chi connectivity index (χ0) is 15.1. The smallest absolute Gasteiger partial charge is 0.308 e. The van der Waals surface area contributed by atoms with Crippen LogP contribution in [0.2, 0.25) is 0 Å². The second-order valence-electron chi connectivity index (χ2n) is 5.78. The van der Waals surface area contributed by atoms with E-state index in [4.69, 9.17) is 9.84 Å². The molecule has 0 bridgehead atoms. The summed E-state index contributed by atoms with van der Waals surface area (Å²) in [5, 5.41) is 8.91. The third-order valence-electron chi connectivity index (χ3n) is 4.10. The number of rotatable bonds is 7. The van der Waals surface area contributed by atoms with Crippen molar-refractivity contribution in [2.75, 3.05) is 19.7 Å². The number of ether oxygens (including phenoxy) is 1. The highest BCUT2D eigenvalue weighted by molar-refractivity contribution is 5.78. The van der Waals surface area contributed by atoms with Crippen molar-refractivity contribution in [3.8, 4) is 0 Å². The van der Waals surface area contributed by atoms with Crippen LogP contribution in [-0.4, -0.2) is 47.7 Å². The number of hydrogen-bond donors (Lipinski definition) is 1. The molecule has 1 N–H and O–H groups in total. The van der Waals surface area contributed by atoms with Gasteiger partial charge in [0, 0.05) is 13.1 Å². The van der Waals surface area contributed by atoms with Crippen LogP contribution in [0.1, 0.15) is 46.5 Å². The first-order valence-corrected chi connectivity index (χ1v) is 7.57. The van der Waals surface area contributed by atoms with Gasteiger partial charge in [0.2, 0.25) is 5.91 Å². The first kappa shape index (κ1) is 17.0. The van der Waals surface area contributed by atoms with Crippen LogP contribution in [0.3, 0.4) is 0 Å². The Labute approximate surface area is 121 Å². The molecule has 1 aliphatic carbocycles. The molecule has 1 amide bonds. The highest BCUT2D eigenvalue weighted by atomic mass is 16.5. The van der Waals surface area contributed by atoms with Gasteiger partial charge in [0.15, 0.2) is 0 Å². The fourth-order valence-electron chi connectivity index (χ4n) is 2.62. The van der Waals surface area contributed by atoms with Crippen LogP contribution in [0, 0.1) is 11.8 Å². The minimum atomic E-state index is -0.877. The normalized spacial score (nSPS) is 24.1. The van der Waals surface area contributed by atoms with Crippen LogP contribution < -0.4 is 0 Å². The van der Waals surface area contributed by atoms with Crippen LogP contribution >= 0.6 is 0 Å². The molecule has 0 saturated heterocycles. The van der Waals surface area contributed by atoms with E-state index >= 15 is 0 Å². The van der Waals surface area contributed by atoms with E-state index in [1.54, 1.807) is 11.8 Å². The lowest BCUT2D eigenvalue weighted by Crippen LogP contribution is -2.40. The topological polar surface area (TPSA) is 66.8 Å². The molecular weight excluding hydrogens is 258 g/mol. The molecule has 0 aromatic carbocycles. The summed E-state index contributed by atoms with van der Waals surface area (Å²) in [5.41, 5.74) is 0. The van der Waals surface area contributed by atoms with Crippen LogP contribution in [0.5, 0.6) is 0 Å². The van der Waals surface area contributed by atoms with Crippen LogP contribution in [0.4, 0.5) is 0 Å². The van der Waals surface area contributed by atoms with E-state index in [0.717, 1.165) is 19.3 Å². The van der Waals surface area contributed by atoms with E-state index in [9.17, 15) is 9.59 Å². The lowest BCUT2D eigenvalue weighted by molar-refractivity contribution is -0.145.